The number of carbonyl (C=O) groups is 1. The van der Waals surface area contributed by atoms with E-state index in [2.05, 4.69) is 29.2 Å². The second-order valence-electron chi connectivity index (χ2n) is 6.44. The van der Waals surface area contributed by atoms with E-state index in [1.807, 2.05) is 18.2 Å². The van der Waals surface area contributed by atoms with Crippen LogP contribution in [0.1, 0.15) is 15.9 Å². The van der Waals surface area contributed by atoms with Gasteiger partial charge < -0.3 is 10.6 Å². The average Bonchev–Trinajstić information content (AvgIpc) is 2.69. The van der Waals surface area contributed by atoms with Crippen LogP contribution in [0.25, 0.3) is 6.08 Å². The summed E-state index contributed by atoms with van der Waals surface area (Å²) in [5.41, 5.74) is 6.89. The number of anilines is 1. The first kappa shape index (κ1) is 18.6. The Balaban J connectivity index is 1.54. The third-order valence-electron chi connectivity index (χ3n) is 4.61. The molecule has 1 fully saturated rings. The summed E-state index contributed by atoms with van der Waals surface area (Å²) in [6.45, 7) is 3.54. The molecular formula is C20H22N4O3. The maximum atomic E-state index is 12.6. The van der Waals surface area contributed by atoms with Crippen LogP contribution in [0.5, 0.6) is 0 Å². The Kier molecular flexibility index (Phi) is 5.83. The van der Waals surface area contributed by atoms with Crippen molar-refractivity contribution < 1.29 is 9.72 Å². The van der Waals surface area contributed by atoms with Crippen LogP contribution in [-0.2, 0) is 0 Å². The largest absolute Gasteiger partial charge is 0.393 e. The molecule has 0 bridgehead atoms. The molecule has 2 aromatic rings. The molecule has 1 aliphatic rings. The molecule has 2 aromatic carbocycles. The van der Waals surface area contributed by atoms with E-state index in [0.717, 1.165) is 25.2 Å². The highest BCUT2D eigenvalue weighted by Crippen LogP contribution is 2.23. The van der Waals surface area contributed by atoms with E-state index in [9.17, 15) is 14.9 Å². The minimum atomic E-state index is -0.566. The molecule has 0 atom stereocenters. The number of piperazine rings is 1. The lowest BCUT2D eigenvalue weighted by Crippen LogP contribution is -2.48. The third-order valence-corrected chi connectivity index (χ3v) is 4.61. The van der Waals surface area contributed by atoms with Crippen molar-refractivity contribution in [3.05, 3.63) is 75.8 Å². The van der Waals surface area contributed by atoms with Crippen LogP contribution < -0.4 is 5.73 Å². The molecule has 7 heteroatoms. The molecule has 0 unspecified atom stereocenters. The predicted octanol–water partition coefficient (Wildman–Crippen LogP) is 2.65. The normalized spacial score (nSPS) is 15.2. The van der Waals surface area contributed by atoms with Crippen molar-refractivity contribution in [2.24, 2.45) is 0 Å². The number of hydrogen-bond donors (Lipinski definition) is 1. The fourth-order valence-corrected chi connectivity index (χ4v) is 3.05. The fourth-order valence-electron chi connectivity index (χ4n) is 3.05. The summed E-state index contributed by atoms with van der Waals surface area (Å²) < 4.78 is 0. The summed E-state index contributed by atoms with van der Waals surface area (Å²) in [5, 5.41) is 11.0. The first-order valence-corrected chi connectivity index (χ1v) is 8.82. The third kappa shape index (κ3) is 4.71. The molecule has 0 aromatic heterocycles. The van der Waals surface area contributed by atoms with Crippen molar-refractivity contribution in [3.8, 4) is 0 Å². The number of nitro benzene ring substituents is 1. The van der Waals surface area contributed by atoms with Crippen LogP contribution >= 0.6 is 0 Å². The van der Waals surface area contributed by atoms with Crippen LogP contribution in [-0.4, -0.2) is 53.4 Å². The quantitative estimate of drug-likeness (QED) is 0.499. The number of rotatable bonds is 5. The Morgan fingerprint density at radius 3 is 2.48 bits per heavy atom. The molecule has 0 spiro atoms. The highest BCUT2D eigenvalue weighted by Gasteiger charge is 2.23. The van der Waals surface area contributed by atoms with Gasteiger partial charge in [0.15, 0.2) is 0 Å². The van der Waals surface area contributed by atoms with Gasteiger partial charge in [0.25, 0.3) is 11.6 Å². The van der Waals surface area contributed by atoms with Crippen LogP contribution in [0.15, 0.2) is 54.6 Å². The zero-order valence-electron chi connectivity index (χ0n) is 15.0. The molecule has 140 valence electrons. The topological polar surface area (TPSA) is 92.7 Å². The summed E-state index contributed by atoms with van der Waals surface area (Å²) in [5.74, 6) is -0.197. The lowest BCUT2D eigenvalue weighted by Gasteiger charge is -2.34. The van der Waals surface area contributed by atoms with Gasteiger partial charge in [-0.25, -0.2) is 0 Å². The van der Waals surface area contributed by atoms with Gasteiger partial charge in [0.05, 0.1) is 4.92 Å². The molecule has 1 saturated heterocycles. The zero-order chi connectivity index (χ0) is 19.2. The highest BCUT2D eigenvalue weighted by atomic mass is 16.6. The molecule has 1 aliphatic heterocycles. The number of carbonyl (C=O) groups excluding carboxylic acids is 1. The van der Waals surface area contributed by atoms with Crippen LogP contribution in [0.4, 0.5) is 11.4 Å². The number of nitrogens with two attached hydrogens (primary N) is 1. The van der Waals surface area contributed by atoms with Gasteiger partial charge in [-0.3, -0.25) is 19.8 Å². The Hall–Kier alpha value is -3.19. The molecular weight excluding hydrogens is 344 g/mol. The molecule has 0 saturated carbocycles. The van der Waals surface area contributed by atoms with Crippen LogP contribution in [0.2, 0.25) is 0 Å². The Bertz CT molecular complexity index is 844. The molecule has 0 aliphatic carbocycles. The molecule has 0 radical (unpaired) electrons. The molecule has 1 amide bonds. The second kappa shape index (κ2) is 8.46. The molecule has 1 heterocycles. The summed E-state index contributed by atoms with van der Waals surface area (Å²) >= 11 is 0. The molecule has 3 rings (SSSR count). The number of amides is 1. The van der Waals surface area contributed by atoms with Gasteiger partial charge in [-0.15, -0.1) is 0 Å². The van der Waals surface area contributed by atoms with Crippen molar-refractivity contribution in [3.63, 3.8) is 0 Å². The van der Waals surface area contributed by atoms with E-state index in [-0.39, 0.29) is 17.3 Å². The minimum Gasteiger partial charge on any atom is -0.393 e. The highest BCUT2D eigenvalue weighted by molar-refractivity contribution is 5.95. The van der Waals surface area contributed by atoms with Crippen molar-refractivity contribution in [2.45, 2.75) is 0 Å². The SMILES string of the molecule is Nc1ccc(C(=O)N2CCN(C/C=C/c3ccccc3)CC2)cc1[N+](=O)[O-]. The zero-order valence-corrected chi connectivity index (χ0v) is 15.0. The lowest BCUT2D eigenvalue weighted by molar-refractivity contribution is -0.383. The Morgan fingerprint density at radius 2 is 1.81 bits per heavy atom. The Morgan fingerprint density at radius 1 is 1.11 bits per heavy atom. The predicted molar refractivity (Wildman–Crippen MR) is 105 cm³/mol. The monoisotopic (exact) mass is 366 g/mol. The standard InChI is InChI=1S/C20H22N4O3/c21-18-9-8-17(15-19(18)24(26)27)20(25)23-13-11-22(12-14-23)10-4-7-16-5-2-1-3-6-16/h1-9,15H,10-14,21H2/b7-4+. The van der Waals surface area contributed by atoms with Gasteiger partial charge in [0, 0.05) is 44.4 Å². The molecule has 2 N–H and O–H groups in total. The van der Waals surface area contributed by atoms with E-state index >= 15 is 0 Å². The number of nitro groups is 1. The minimum absolute atomic E-state index is 0.0616. The van der Waals surface area contributed by atoms with E-state index in [1.165, 1.54) is 12.1 Å². The van der Waals surface area contributed by atoms with Gasteiger partial charge in [-0.1, -0.05) is 42.5 Å². The fraction of sp³-hybridized carbons (Fsp3) is 0.250. The van der Waals surface area contributed by atoms with Crippen molar-refractivity contribution in [1.29, 1.82) is 0 Å². The molecule has 7 nitrogen and oxygen atoms in total. The lowest BCUT2D eigenvalue weighted by atomic mass is 10.1. The second-order valence-corrected chi connectivity index (χ2v) is 6.44. The van der Waals surface area contributed by atoms with Crippen molar-refractivity contribution in [2.75, 3.05) is 38.5 Å². The summed E-state index contributed by atoms with van der Waals surface area (Å²) in [6, 6.07) is 14.3. The van der Waals surface area contributed by atoms with Gasteiger partial charge in [0.2, 0.25) is 0 Å². The van der Waals surface area contributed by atoms with Gasteiger partial charge >= 0.3 is 0 Å². The van der Waals surface area contributed by atoms with E-state index in [1.54, 1.807) is 11.0 Å². The number of nitrogens with zero attached hydrogens (tertiary/aromatic N) is 3. The van der Waals surface area contributed by atoms with E-state index in [0.29, 0.717) is 18.7 Å². The summed E-state index contributed by atoms with van der Waals surface area (Å²) in [7, 11) is 0. The van der Waals surface area contributed by atoms with Crippen LogP contribution in [0.3, 0.4) is 0 Å². The number of nitrogen functional groups attached to an aromatic ring is 1. The van der Waals surface area contributed by atoms with Crippen molar-refractivity contribution >= 4 is 23.4 Å². The smallest absolute Gasteiger partial charge is 0.292 e. The maximum Gasteiger partial charge on any atom is 0.292 e. The first-order valence-electron chi connectivity index (χ1n) is 8.82. The van der Waals surface area contributed by atoms with Gasteiger partial charge in [-0.2, -0.15) is 0 Å². The molecule has 27 heavy (non-hydrogen) atoms. The number of hydrogen-bond acceptors (Lipinski definition) is 5. The van der Waals surface area contributed by atoms with E-state index < -0.39 is 4.92 Å². The Labute approximate surface area is 157 Å². The summed E-state index contributed by atoms with van der Waals surface area (Å²) in [6.07, 6.45) is 4.21. The van der Waals surface area contributed by atoms with Crippen LogP contribution in [0, 0.1) is 10.1 Å². The van der Waals surface area contributed by atoms with Gasteiger partial charge in [-0.05, 0) is 17.7 Å². The van der Waals surface area contributed by atoms with Crippen molar-refractivity contribution in [1.82, 2.24) is 9.80 Å². The summed E-state index contributed by atoms with van der Waals surface area (Å²) in [4.78, 5) is 27.1. The van der Waals surface area contributed by atoms with Gasteiger partial charge in [0.1, 0.15) is 5.69 Å². The maximum absolute atomic E-state index is 12.6. The van der Waals surface area contributed by atoms with E-state index in [4.69, 9.17) is 5.73 Å². The average molecular weight is 366 g/mol. The first-order chi connectivity index (χ1) is 13.0. The number of benzene rings is 2.